The molecule has 1 aliphatic heterocycles. The van der Waals surface area contributed by atoms with Gasteiger partial charge in [-0.2, -0.15) is 0 Å². The lowest BCUT2D eigenvalue weighted by Gasteiger charge is -2.24. The summed E-state index contributed by atoms with van der Waals surface area (Å²) in [5.74, 6) is 0. The zero-order chi connectivity index (χ0) is 13.6. The lowest BCUT2D eigenvalue weighted by Crippen LogP contribution is -2.39. The predicted octanol–water partition coefficient (Wildman–Crippen LogP) is 1.13. The molecule has 0 fully saturated rings. The lowest BCUT2D eigenvalue weighted by molar-refractivity contribution is 0.121. The topological polar surface area (TPSA) is 70.0 Å². The number of aryl methyl sites for hydroxylation is 1. The summed E-state index contributed by atoms with van der Waals surface area (Å²) in [5.41, 5.74) is 2.37. The third-order valence-electron chi connectivity index (χ3n) is 3.73. The van der Waals surface area contributed by atoms with Gasteiger partial charge in [-0.3, -0.25) is 4.57 Å². The van der Waals surface area contributed by atoms with Gasteiger partial charge in [0.15, 0.2) is 0 Å². The van der Waals surface area contributed by atoms with E-state index in [1.165, 1.54) is 0 Å². The molecular formula is C14H19N3O2. The van der Waals surface area contributed by atoms with Crippen LogP contribution in [0, 0.1) is 0 Å². The van der Waals surface area contributed by atoms with E-state index < -0.39 is 6.10 Å². The first-order chi connectivity index (χ1) is 9.08. The number of para-hydroxylation sites is 1. The van der Waals surface area contributed by atoms with E-state index in [-0.39, 0.29) is 11.7 Å². The molecule has 19 heavy (non-hydrogen) atoms. The molecule has 0 saturated heterocycles. The van der Waals surface area contributed by atoms with E-state index >= 15 is 0 Å². The van der Waals surface area contributed by atoms with Crippen LogP contribution in [0.5, 0.6) is 0 Å². The minimum atomic E-state index is -0.588. The van der Waals surface area contributed by atoms with Gasteiger partial charge >= 0.3 is 5.69 Å². The van der Waals surface area contributed by atoms with Gasteiger partial charge in [0, 0.05) is 24.2 Å². The second-order valence-electron chi connectivity index (χ2n) is 5.49. The van der Waals surface area contributed by atoms with Crippen LogP contribution in [-0.4, -0.2) is 26.7 Å². The Morgan fingerprint density at radius 2 is 2.26 bits per heavy atom. The van der Waals surface area contributed by atoms with Crippen LogP contribution >= 0.6 is 0 Å². The van der Waals surface area contributed by atoms with E-state index in [1.807, 2.05) is 18.2 Å². The van der Waals surface area contributed by atoms with Crippen LogP contribution in [0.25, 0.3) is 11.0 Å². The van der Waals surface area contributed by atoms with Crippen LogP contribution in [-0.2, 0) is 6.54 Å². The van der Waals surface area contributed by atoms with Crippen molar-refractivity contribution >= 4 is 11.0 Å². The van der Waals surface area contributed by atoms with Crippen LogP contribution in [0.4, 0.5) is 0 Å². The molecule has 0 amide bonds. The fraction of sp³-hybridized carbons (Fsp3) is 0.500. The van der Waals surface area contributed by atoms with Crippen molar-refractivity contribution in [3.05, 3.63) is 34.2 Å². The van der Waals surface area contributed by atoms with Crippen molar-refractivity contribution in [2.75, 3.05) is 0 Å². The molecule has 102 valence electrons. The third-order valence-corrected chi connectivity index (χ3v) is 3.73. The van der Waals surface area contributed by atoms with Crippen LogP contribution in [0.1, 0.15) is 31.9 Å². The van der Waals surface area contributed by atoms with Gasteiger partial charge < -0.3 is 15.4 Å². The normalized spacial score (nSPS) is 22.9. The molecule has 1 aliphatic rings. The number of aromatic nitrogens is 2. The average molecular weight is 261 g/mol. The summed E-state index contributed by atoms with van der Waals surface area (Å²) in [6.45, 7) is 4.74. The Morgan fingerprint density at radius 1 is 1.47 bits per heavy atom. The first-order valence-corrected chi connectivity index (χ1v) is 6.73. The summed E-state index contributed by atoms with van der Waals surface area (Å²) in [5, 5.41) is 14.0. The van der Waals surface area contributed by atoms with E-state index in [9.17, 15) is 9.90 Å². The lowest BCUT2D eigenvalue weighted by atomic mass is 9.99. The van der Waals surface area contributed by atoms with Crippen molar-refractivity contribution in [3.63, 3.8) is 0 Å². The summed E-state index contributed by atoms with van der Waals surface area (Å²) >= 11 is 0. The van der Waals surface area contributed by atoms with Gasteiger partial charge in [0.25, 0.3) is 0 Å². The van der Waals surface area contributed by atoms with Crippen LogP contribution in [0.2, 0.25) is 0 Å². The number of benzene rings is 1. The Bertz CT molecular complexity index is 656. The number of imidazole rings is 1. The standard InChI is InChI=1S/C14H19N3O2/c1-8(2)15-11-6-7-17-12-9(13(11)18)4-3-5-10(12)16-14(17)19/h3-5,8,11,13,15,18H,6-7H2,1-2H3,(H,16,19)/t11-,13?/m1/s1. The molecular weight excluding hydrogens is 242 g/mol. The maximum Gasteiger partial charge on any atom is 0.326 e. The first kappa shape index (κ1) is 12.4. The predicted molar refractivity (Wildman–Crippen MR) is 74.2 cm³/mol. The average Bonchev–Trinajstić information content (AvgIpc) is 2.61. The van der Waals surface area contributed by atoms with Crippen molar-refractivity contribution in [2.45, 2.75) is 45.0 Å². The number of hydrogen-bond acceptors (Lipinski definition) is 3. The highest BCUT2D eigenvalue weighted by atomic mass is 16.3. The highest BCUT2D eigenvalue weighted by molar-refractivity contribution is 5.79. The molecule has 0 aliphatic carbocycles. The van der Waals surface area contributed by atoms with E-state index in [0.717, 1.165) is 23.0 Å². The maximum atomic E-state index is 11.9. The van der Waals surface area contributed by atoms with Gasteiger partial charge in [-0.05, 0) is 12.5 Å². The van der Waals surface area contributed by atoms with Crippen LogP contribution in [0.15, 0.2) is 23.0 Å². The fourth-order valence-corrected chi connectivity index (χ4v) is 2.95. The highest BCUT2D eigenvalue weighted by Crippen LogP contribution is 2.29. The molecule has 0 radical (unpaired) electrons. The Kier molecular flexibility index (Phi) is 2.95. The largest absolute Gasteiger partial charge is 0.387 e. The van der Waals surface area contributed by atoms with Gasteiger partial charge in [0.2, 0.25) is 0 Å². The zero-order valence-corrected chi connectivity index (χ0v) is 11.2. The third kappa shape index (κ3) is 1.99. The molecule has 2 atom stereocenters. The molecule has 3 rings (SSSR count). The molecule has 1 aromatic heterocycles. The molecule has 2 aromatic rings. The minimum Gasteiger partial charge on any atom is -0.387 e. The maximum absolute atomic E-state index is 11.9. The van der Waals surface area contributed by atoms with Gasteiger partial charge in [-0.1, -0.05) is 26.0 Å². The van der Waals surface area contributed by atoms with Crippen LogP contribution < -0.4 is 11.0 Å². The summed E-state index contributed by atoms with van der Waals surface area (Å²) in [4.78, 5) is 14.8. The quantitative estimate of drug-likeness (QED) is 0.759. The number of aromatic amines is 1. The summed E-state index contributed by atoms with van der Waals surface area (Å²) in [7, 11) is 0. The monoisotopic (exact) mass is 261 g/mol. The number of aliphatic hydroxyl groups excluding tert-OH is 1. The minimum absolute atomic E-state index is 0.0232. The second-order valence-corrected chi connectivity index (χ2v) is 5.49. The molecule has 0 saturated carbocycles. The summed E-state index contributed by atoms with van der Waals surface area (Å²) in [6.07, 6.45) is 0.149. The molecule has 3 N–H and O–H groups in total. The number of aliphatic hydroxyl groups is 1. The van der Waals surface area contributed by atoms with Gasteiger partial charge in [-0.15, -0.1) is 0 Å². The molecule has 2 heterocycles. The van der Waals surface area contributed by atoms with Gasteiger partial charge in [-0.25, -0.2) is 4.79 Å². The fourth-order valence-electron chi connectivity index (χ4n) is 2.95. The number of nitrogens with one attached hydrogen (secondary N) is 2. The summed E-state index contributed by atoms with van der Waals surface area (Å²) < 4.78 is 1.73. The molecule has 5 nitrogen and oxygen atoms in total. The highest BCUT2D eigenvalue weighted by Gasteiger charge is 2.28. The van der Waals surface area contributed by atoms with E-state index in [2.05, 4.69) is 24.1 Å². The number of hydrogen-bond donors (Lipinski definition) is 3. The first-order valence-electron chi connectivity index (χ1n) is 6.73. The molecule has 0 bridgehead atoms. The number of nitrogens with zero attached hydrogens (tertiary/aromatic N) is 1. The van der Waals surface area contributed by atoms with Gasteiger partial charge in [0.05, 0.1) is 17.1 Å². The van der Waals surface area contributed by atoms with E-state index in [4.69, 9.17) is 0 Å². The van der Waals surface area contributed by atoms with Crippen molar-refractivity contribution in [1.82, 2.24) is 14.9 Å². The Labute approximate surface area is 111 Å². The molecule has 1 unspecified atom stereocenters. The van der Waals surface area contributed by atoms with Crippen molar-refractivity contribution in [1.29, 1.82) is 0 Å². The second kappa shape index (κ2) is 4.51. The van der Waals surface area contributed by atoms with E-state index in [1.54, 1.807) is 4.57 Å². The molecule has 5 heteroatoms. The number of H-pyrrole nitrogens is 1. The van der Waals surface area contributed by atoms with Crippen molar-refractivity contribution in [2.24, 2.45) is 0 Å². The van der Waals surface area contributed by atoms with E-state index in [0.29, 0.717) is 12.6 Å². The SMILES string of the molecule is CC(C)N[C@@H]1CCn2c(=O)[nH]c3cccc(c32)C1O. The smallest absolute Gasteiger partial charge is 0.326 e. The van der Waals surface area contributed by atoms with Crippen molar-refractivity contribution < 1.29 is 5.11 Å². The van der Waals surface area contributed by atoms with Crippen molar-refractivity contribution in [3.8, 4) is 0 Å². The summed E-state index contributed by atoms with van der Waals surface area (Å²) in [6, 6.07) is 5.93. The Hall–Kier alpha value is -1.59. The molecule has 1 aromatic carbocycles. The molecule has 0 spiro atoms. The zero-order valence-electron chi connectivity index (χ0n) is 11.2. The van der Waals surface area contributed by atoms with Gasteiger partial charge in [0.1, 0.15) is 0 Å². The Morgan fingerprint density at radius 3 is 3.00 bits per heavy atom. The Balaban J connectivity index is 2.14. The number of rotatable bonds is 2. The van der Waals surface area contributed by atoms with Crippen LogP contribution in [0.3, 0.4) is 0 Å².